The van der Waals surface area contributed by atoms with E-state index in [0.717, 1.165) is 18.4 Å². The summed E-state index contributed by atoms with van der Waals surface area (Å²) < 4.78 is 67.8. The van der Waals surface area contributed by atoms with Gasteiger partial charge >= 0.3 is 12.2 Å². The molecule has 0 atom stereocenters. The van der Waals surface area contributed by atoms with Crippen LogP contribution < -0.4 is 20.1 Å². The van der Waals surface area contributed by atoms with Gasteiger partial charge in [-0.15, -0.1) is 0 Å². The molecule has 15 heteroatoms. The van der Waals surface area contributed by atoms with Gasteiger partial charge in [0.05, 0.1) is 5.54 Å². The molecular formula is C23H20ClF3N6O4S. The largest absolute Gasteiger partial charge is 0.454 e. The minimum absolute atomic E-state index is 0.0160. The molecule has 10 nitrogen and oxygen atoms in total. The summed E-state index contributed by atoms with van der Waals surface area (Å²) in [5.41, 5.74) is 0.769. The normalized spacial score (nSPS) is 14.3. The standard InChI is InChI=1S/C23H20ClF3N6O4S/c1-2-38(35,36)33-18(34)14-3-9-17(10-4-14)28-19-29-20(31-21(30-19)37-13-23(25,26)27)32-22(11-12-22)15-5-7-16(24)8-6-15/h2-10H,1,11-13H2,(H,33,34)(H2,28,29,30,31,32). The lowest BCUT2D eigenvalue weighted by Crippen LogP contribution is -2.28. The van der Waals surface area contributed by atoms with E-state index < -0.39 is 40.3 Å². The molecule has 0 bridgehead atoms. The molecule has 0 aliphatic heterocycles. The second-order valence-corrected chi connectivity index (χ2v) is 10.3. The number of aromatic nitrogens is 3. The second kappa shape index (κ2) is 10.5. The average molecular weight is 569 g/mol. The van der Waals surface area contributed by atoms with Crippen LogP contribution >= 0.6 is 11.6 Å². The maximum absolute atomic E-state index is 12.7. The van der Waals surface area contributed by atoms with E-state index in [1.54, 1.807) is 12.1 Å². The molecule has 3 aromatic rings. The summed E-state index contributed by atoms with van der Waals surface area (Å²) in [6.07, 6.45) is -3.15. The number of rotatable bonds is 10. The van der Waals surface area contributed by atoms with Crippen LogP contribution in [0.15, 0.2) is 60.5 Å². The topological polar surface area (TPSA) is 135 Å². The number of anilines is 3. The molecule has 38 heavy (non-hydrogen) atoms. The second-order valence-electron chi connectivity index (χ2n) is 8.23. The van der Waals surface area contributed by atoms with Gasteiger partial charge in [-0.3, -0.25) is 4.79 Å². The van der Waals surface area contributed by atoms with Crippen LogP contribution in [0.25, 0.3) is 0 Å². The van der Waals surface area contributed by atoms with E-state index in [4.69, 9.17) is 16.3 Å². The van der Waals surface area contributed by atoms with Crippen LogP contribution in [0.4, 0.5) is 30.8 Å². The number of amides is 1. The third-order valence-electron chi connectivity index (χ3n) is 5.34. The quantitative estimate of drug-likeness (QED) is 0.323. The van der Waals surface area contributed by atoms with E-state index in [1.807, 2.05) is 16.9 Å². The zero-order valence-corrected chi connectivity index (χ0v) is 21.0. The van der Waals surface area contributed by atoms with Crippen LogP contribution in [0, 0.1) is 0 Å². The van der Waals surface area contributed by atoms with Gasteiger partial charge in [0.1, 0.15) is 0 Å². The third-order valence-corrected chi connectivity index (χ3v) is 6.50. The monoisotopic (exact) mass is 568 g/mol. The zero-order valence-electron chi connectivity index (χ0n) is 19.4. The fourth-order valence-corrected chi connectivity index (χ4v) is 3.92. The lowest BCUT2D eigenvalue weighted by molar-refractivity contribution is -0.154. The Hall–Kier alpha value is -3.91. The Morgan fingerprint density at radius 1 is 1.05 bits per heavy atom. The van der Waals surface area contributed by atoms with Gasteiger partial charge in [0.2, 0.25) is 11.9 Å². The number of hydrogen-bond donors (Lipinski definition) is 3. The molecular weight excluding hydrogens is 549 g/mol. The fraction of sp³-hybridized carbons (Fsp3) is 0.217. The van der Waals surface area contributed by atoms with E-state index in [1.165, 1.54) is 24.3 Å². The molecule has 0 unspecified atom stereocenters. The lowest BCUT2D eigenvalue weighted by Gasteiger charge is -2.19. The van der Waals surface area contributed by atoms with Gasteiger partial charge in [-0.1, -0.05) is 30.3 Å². The Kier molecular flexibility index (Phi) is 7.47. The van der Waals surface area contributed by atoms with E-state index in [2.05, 4.69) is 32.2 Å². The van der Waals surface area contributed by atoms with Crippen molar-refractivity contribution in [3.05, 3.63) is 76.7 Å². The molecule has 200 valence electrons. The lowest BCUT2D eigenvalue weighted by atomic mass is 10.1. The summed E-state index contributed by atoms with van der Waals surface area (Å²) in [5.74, 6) is -1.02. The molecule has 1 saturated carbocycles. The molecule has 2 aromatic carbocycles. The molecule has 0 spiro atoms. The first kappa shape index (κ1) is 27.1. The van der Waals surface area contributed by atoms with Crippen molar-refractivity contribution in [3.8, 4) is 6.01 Å². The van der Waals surface area contributed by atoms with Gasteiger partial charge in [0, 0.05) is 21.7 Å². The van der Waals surface area contributed by atoms with Crippen LogP contribution in [-0.2, 0) is 15.6 Å². The van der Waals surface area contributed by atoms with Crippen molar-refractivity contribution >= 4 is 45.1 Å². The molecule has 0 saturated heterocycles. The number of benzene rings is 2. The maximum Gasteiger partial charge on any atom is 0.422 e. The number of halogens is 4. The van der Waals surface area contributed by atoms with E-state index in [0.29, 0.717) is 16.1 Å². The number of ether oxygens (including phenoxy) is 1. The predicted octanol–water partition coefficient (Wildman–Crippen LogP) is 4.51. The zero-order chi connectivity index (χ0) is 27.6. The number of alkyl halides is 3. The Bertz CT molecular complexity index is 1450. The highest BCUT2D eigenvalue weighted by Crippen LogP contribution is 2.48. The number of sulfonamides is 1. The van der Waals surface area contributed by atoms with Crippen LogP contribution in [0.3, 0.4) is 0 Å². The Balaban J connectivity index is 1.56. The van der Waals surface area contributed by atoms with Gasteiger partial charge in [-0.05, 0) is 54.8 Å². The molecule has 1 aliphatic carbocycles. The molecule has 0 radical (unpaired) electrons. The van der Waals surface area contributed by atoms with Crippen LogP contribution in [-0.4, -0.2) is 42.1 Å². The van der Waals surface area contributed by atoms with E-state index >= 15 is 0 Å². The summed E-state index contributed by atoms with van der Waals surface area (Å²) in [7, 11) is -3.97. The van der Waals surface area contributed by atoms with Crippen LogP contribution in [0.5, 0.6) is 6.01 Å². The predicted molar refractivity (Wildman–Crippen MR) is 134 cm³/mol. The maximum atomic E-state index is 12.7. The summed E-state index contributed by atoms with van der Waals surface area (Å²) in [6, 6.07) is 12.1. The highest BCUT2D eigenvalue weighted by molar-refractivity contribution is 7.92. The van der Waals surface area contributed by atoms with Crippen molar-refractivity contribution in [1.82, 2.24) is 19.7 Å². The molecule has 1 fully saturated rings. The van der Waals surface area contributed by atoms with E-state index in [-0.39, 0.29) is 17.5 Å². The number of nitrogens with one attached hydrogen (secondary N) is 3. The minimum Gasteiger partial charge on any atom is -0.454 e. The molecule has 1 aliphatic rings. The van der Waals surface area contributed by atoms with Crippen molar-refractivity contribution in [1.29, 1.82) is 0 Å². The first-order chi connectivity index (χ1) is 17.9. The number of carbonyl (C=O) groups is 1. The molecule has 4 rings (SSSR count). The van der Waals surface area contributed by atoms with Crippen molar-refractivity contribution in [2.75, 3.05) is 17.2 Å². The van der Waals surface area contributed by atoms with Gasteiger partial charge in [0.25, 0.3) is 15.9 Å². The number of hydrogen-bond acceptors (Lipinski definition) is 9. The van der Waals surface area contributed by atoms with Crippen molar-refractivity contribution in [2.45, 2.75) is 24.6 Å². The highest BCUT2D eigenvalue weighted by atomic mass is 35.5. The molecule has 1 aromatic heterocycles. The van der Waals surface area contributed by atoms with Gasteiger partial charge in [-0.25, -0.2) is 13.1 Å². The molecule has 3 N–H and O–H groups in total. The molecule has 1 amide bonds. The smallest absolute Gasteiger partial charge is 0.422 e. The Labute approximate surface area is 220 Å². The van der Waals surface area contributed by atoms with Crippen molar-refractivity contribution in [2.24, 2.45) is 0 Å². The Morgan fingerprint density at radius 3 is 2.26 bits per heavy atom. The van der Waals surface area contributed by atoms with E-state index in [9.17, 15) is 26.4 Å². The molecule has 1 heterocycles. The Morgan fingerprint density at radius 2 is 1.68 bits per heavy atom. The average Bonchev–Trinajstić information content (AvgIpc) is 3.63. The van der Waals surface area contributed by atoms with Crippen molar-refractivity contribution in [3.63, 3.8) is 0 Å². The number of nitrogens with zero attached hydrogens (tertiary/aromatic N) is 3. The minimum atomic E-state index is -4.61. The van der Waals surface area contributed by atoms with Crippen molar-refractivity contribution < 1.29 is 31.1 Å². The van der Waals surface area contributed by atoms with Gasteiger partial charge < -0.3 is 15.4 Å². The van der Waals surface area contributed by atoms with Gasteiger partial charge in [-0.2, -0.15) is 28.1 Å². The SMILES string of the molecule is C=CS(=O)(=O)NC(=O)c1ccc(Nc2nc(NC3(c4ccc(Cl)cc4)CC3)nc(OCC(F)(F)F)n2)cc1. The highest BCUT2D eigenvalue weighted by Gasteiger charge is 2.45. The van der Waals surface area contributed by atoms with Crippen LogP contribution in [0.2, 0.25) is 5.02 Å². The van der Waals surface area contributed by atoms with Gasteiger partial charge in [0.15, 0.2) is 6.61 Å². The number of carbonyl (C=O) groups excluding carboxylic acids is 1. The first-order valence-electron chi connectivity index (χ1n) is 10.9. The first-order valence-corrected chi connectivity index (χ1v) is 12.9. The summed E-state index contributed by atoms with van der Waals surface area (Å²) in [6.45, 7) is 1.51. The summed E-state index contributed by atoms with van der Waals surface area (Å²) >= 11 is 5.97. The van der Waals surface area contributed by atoms with Crippen LogP contribution in [0.1, 0.15) is 28.8 Å². The third kappa shape index (κ3) is 7.10. The fourth-order valence-electron chi connectivity index (χ4n) is 3.34. The summed E-state index contributed by atoms with van der Waals surface area (Å²) in [5, 5.41) is 7.13. The summed E-state index contributed by atoms with van der Waals surface area (Å²) in [4.78, 5) is 24.2.